The maximum absolute atomic E-state index is 13.3. The average Bonchev–Trinajstić information content (AvgIpc) is 2.94. The lowest BCUT2D eigenvalue weighted by molar-refractivity contribution is -0.142. The predicted octanol–water partition coefficient (Wildman–Crippen LogP) is 2.95. The van der Waals surface area contributed by atoms with Crippen LogP contribution in [0.4, 0.5) is 14.9 Å². The van der Waals surface area contributed by atoms with E-state index in [1.165, 1.54) is 12.1 Å². The van der Waals surface area contributed by atoms with Crippen molar-refractivity contribution in [2.75, 3.05) is 5.32 Å². The van der Waals surface area contributed by atoms with E-state index < -0.39 is 23.7 Å². The number of hydrogen-bond donors (Lipinski definition) is 2. The number of carboxylic acids is 1. The largest absolute Gasteiger partial charge is 0.481 e. The number of nitrogens with one attached hydrogen (secondary N) is 1. The van der Waals surface area contributed by atoms with Gasteiger partial charge in [-0.1, -0.05) is 11.6 Å². The highest BCUT2D eigenvalue weighted by Crippen LogP contribution is 2.42. The molecule has 2 heterocycles. The molecule has 5 nitrogen and oxygen atoms in total. The molecule has 1 aromatic rings. The summed E-state index contributed by atoms with van der Waals surface area (Å²) in [7, 11) is 0. The Kier molecular flexibility index (Phi) is 3.49. The van der Waals surface area contributed by atoms with Gasteiger partial charge in [0.1, 0.15) is 5.82 Å². The summed E-state index contributed by atoms with van der Waals surface area (Å²) in [4.78, 5) is 25.1. The number of carbonyl (C=O) groups excluding carboxylic acids is 1. The van der Waals surface area contributed by atoms with Gasteiger partial charge in [-0.15, -0.1) is 0 Å². The summed E-state index contributed by atoms with van der Waals surface area (Å²) in [5.74, 6) is -1.91. The molecule has 0 saturated carbocycles. The Morgan fingerprint density at radius 2 is 2.10 bits per heavy atom. The molecular weight excluding hydrogens is 299 g/mol. The standard InChI is InChI=1S/C14H14ClFN2O3/c15-7-3-8(16)5-9(4-7)17-14(21)18-10-1-2-12(18)11(6-10)13(19)20/h3-5,10-12H,1-2,6H2,(H,17,21)(H,19,20). The first-order chi connectivity index (χ1) is 9.95. The Morgan fingerprint density at radius 3 is 2.71 bits per heavy atom. The van der Waals surface area contributed by atoms with Crippen LogP contribution >= 0.6 is 11.6 Å². The van der Waals surface area contributed by atoms with Crippen LogP contribution < -0.4 is 5.32 Å². The number of carbonyl (C=O) groups is 2. The van der Waals surface area contributed by atoms with E-state index in [2.05, 4.69) is 5.32 Å². The molecule has 2 amide bonds. The number of halogens is 2. The van der Waals surface area contributed by atoms with Gasteiger partial charge in [0.25, 0.3) is 0 Å². The lowest BCUT2D eigenvalue weighted by Gasteiger charge is -2.23. The lowest BCUT2D eigenvalue weighted by atomic mass is 9.89. The van der Waals surface area contributed by atoms with E-state index in [0.717, 1.165) is 12.5 Å². The molecule has 21 heavy (non-hydrogen) atoms. The molecule has 0 radical (unpaired) electrons. The number of hydrogen-bond acceptors (Lipinski definition) is 2. The van der Waals surface area contributed by atoms with Crippen molar-refractivity contribution in [3.05, 3.63) is 29.0 Å². The molecule has 2 fully saturated rings. The molecule has 2 bridgehead atoms. The smallest absolute Gasteiger partial charge is 0.322 e. The van der Waals surface area contributed by atoms with Crippen LogP contribution in [0.15, 0.2) is 18.2 Å². The monoisotopic (exact) mass is 312 g/mol. The predicted molar refractivity (Wildman–Crippen MR) is 74.8 cm³/mol. The summed E-state index contributed by atoms with van der Waals surface area (Å²) in [5.41, 5.74) is 0.267. The number of urea groups is 1. The van der Waals surface area contributed by atoms with Gasteiger partial charge in [-0.3, -0.25) is 4.79 Å². The normalized spacial score (nSPS) is 27.0. The Morgan fingerprint density at radius 1 is 1.33 bits per heavy atom. The molecule has 3 atom stereocenters. The number of amides is 2. The highest BCUT2D eigenvalue weighted by Gasteiger charge is 2.51. The van der Waals surface area contributed by atoms with Gasteiger partial charge in [0.2, 0.25) is 0 Å². The van der Waals surface area contributed by atoms with Crippen molar-refractivity contribution in [3.8, 4) is 0 Å². The van der Waals surface area contributed by atoms with Crippen molar-refractivity contribution in [2.45, 2.75) is 31.3 Å². The highest BCUT2D eigenvalue weighted by molar-refractivity contribution is 6.30. The van der Waals surface area contributed by atoms with E-state index >= 15 is 0 Å². The van der Waals surface area contributed by atoms with E-state index in [-0.39, 0.29) is 22.8 Å². The zero-order chi connectivity index (χ0) is 15.1. The van der Waals surface area contributed by atoms with E-state index in [9.17, 15) is 19.1 Å². The third-order valence-electron chi connectivity index (χ3n) is 4.20. The van der Waals surface area contributed by atoms with Crippen molar-refractivity contribution in [1.29, 1.82) is 0 Å². The van der Waals surface area contributed by atoms with E-state index in [1.807, 2.05) is 0 Å². The number of aliphatic carboxylic acids is 1. The van der Waals surface area contributed by atoms with Crippen LogP contribution in [0.2, 0.25) is 5.02 Å². The summed E-state index contributed by atoms with van der Waals surface area (Å²) in [5, 5.41) is 12.0. The number of carboxylic acid groups (broad SMARTS) is 1. The maximum Gasteiger partial charge on any atom is 0.322 e. The molecule has 0 aromatic heterocycles. The minimum absolute atomic E-state index is 0.0554. The Hall–Kier alpha value is -1.82. The van der Waals surface area contributed by atoms with Gasteiger partial charge in [0.15, 0.2) is 0 Å². The second kappa shape index (κ2) is 5.18. The Labute approximate surface area is 125 Å². The molecule has 2 N–H and O–H groups in total. The third kappa shape index (κ3) is 2.55. The molecule has 2 aliphatic rings. The molecular formula is C14H14ClFN2O3. The van der Waals surface area contributed by atoms with Crippen LogP contribution in [0, 0.1) is 11.7 Å². The molecule has 2 saturated heterocycles. The first-order valence-corrected chi connectivity index (χ1v) is 7.11. The fourth-order valence-electron chi connectivity index (χ4n) is 3.38. The Balaban J connectivity index is 1.76. The molecule has 3 rings (SSSR count). The SMILES string of the molecule is O=C(O)C1CC2CCC1N2C(=O)Nc1cc(F)cc(Cl)c1. The second-order valence-corrected chi connectivity index (χ2v) is 5.91. The van der Waals surface area contributed by atoms with Crippen LogP contribution in [-0.2, 0) is 4.79 Å². The molecule has 1 aromatic carbocycles. The van der Waals surface area contributed by atoms with E-state index in [4.69, 9.17) is 11.6 Å². The molecule has 0 spiro atoms. The van der Waals surface area contributed by atoms with Crippen molar-refractivity contribution < 1.29 is 19.1 Å². The van der Waals surface area contributed by atoms with Gasteiger partial charge in [-0.05, 0) is 37.5 Å². The number of rotatable bonds is 2. The minimum atomic E-state index is -0.867. The quantitative estimate of drug-likeness (QED) is 0.882. The van der Waals surface area contributed by atoms with Gasteiger partial charge < -0.3 is 15.3 Å². The molecule has 2 aliphatic heterocycles. The fourth-order valence-corrected chi connectivity index (χ4v) is 3.61. The highest BCUT2D eigenvalue weighted by atomic mass is 35.5. The molecule has 112 valence electrons. The number of benzene rings is 1. The van der Waals surface area contributed by atoms with Crippen LogP contribution in [0.1, 0.15) is 19.3 Å². The Bertz CT molecular complexity index is 590. The van der Waals surface area contributed by atoms with E-state index in [1.54, 1.807) is 4.90 Å². The van der Waals surface area contributed by atoms with Crippen LogP contribution in [-0.4, -0.2) is 34.1 Å². The topological polar surface area (TPSA) is 69.6 Å². The zero-order valence-electron chi connectivity index (χ0n) is 11.1. The van der Waals surface area contributed by atoms with Crippen molar-refractivity contribution in [2.24, 2.45) is 5.92 Å². The summed E-state index contributed by atoms with van der Waals surface area (Å²) in [6, 6.07) is 3.05. The van der Waals surface area contributed by atoms with Gasteiger partial charge >= 0.3 is 12.0 Å². The first kappa shape index (κ1) is 14.1. The van der Waals surface area contributed by atoms with Gasteiger partial charge in [0.05, 0.1) is 5.92 Å². The van der Waals surface area contributed by atoms with Crippen molar-refractivity contribution >= 4 is 29.3 Å². The molecule has 3 unspecified atom stereocenters. The van der Waals surface area contributed by atoms with Gasteiger partial charge in [-0.25, -0.2) is 9.18 Å². The van der Waals surface area contributed by atoms with Gasteiger partial charge in [-0.2, -0.15) is 0 Å². The summed E-state index contributed by atoms with van der Waals surface area (Å²) in [6.45, 7) is 0. The summed E-state index contributed by atoms with van der Waals surface area (Å²) in [6.07, 6.45) is 1.99. The fraction of sp³-hybridized carbons (Fsp3) is 0.429. The number of anilines is 1. The van der Waals surface area contributed by atoms with Crippen LogP contribution in [0.3, 0.4) is 0 Å². The molecule has 7 heteroatoms. The van der Waals surface area contributed by atoms with E-state index in [0.29, 0.717) is 12.8 Å². The number of fused-ring (bicyclic) bond motifs is 2. The maximum atomic E-state index is 13.3. The van der Waals surface area contributed by atoms with Crippen LogP contribution in [0.25, 0.3) is 0 Å². The van der Waals surface area contributed by atoms with Crippen molar-refractivity contribution in [3.63, 3.8) is 0 Å². The lowest BCUT2D eigenvalue weighted by Crippen LogP contribution is -2.40. The number of nitrogens with zero attached hydrogens (tertiary/aromatic N) is 1. The minimum Gasteiger partial charge on any atom is -0.481 e. The molecule has 0 aliphatic carbocycles. The zero-order valence-corrected chi connectivity index (χ0v) is 11.8. The summed E-state index contributed by atoms with van der Waals surface area (Å²) >= 11 is 5.75. The average molecular weight is 313 g/mol. The van der Waals surface area contributed by atoms with Gasteiger partial charge in [0, 0.05) is 22.8 Å². The second-order valence-electron chi connectivity index (χ2n) is 5.47. The first-order valence-electron chi connectivity index (χ1n) is 6.74. The third-order valence-corrected chi connectivity index (χ3v) is 4.42. The van der Waals surface area contributed by atoms with Crippen molar-refractivity contribution in [1.82, 2.24) is 4.90 Å². The van der Waals surface area contributed by atoms with Crippen LogP contribution in [0.5, 0.6) is 0 Å². The summed E-state index contributed by atoms with van der Waals surface area (Å²) < 4.78 is 13.3.